The number of amides is 1. The van der Waals surface area contributed by atoms with Gasteiger partial charge in [0.1, 0.15) is 11.6 Å². The number of pyridine rings is 1. The van der Waals surface area contributed by atoms with Crippen molar-refractivity contribution in [2.75, 3.05) is 68.7 Å². The van der Waals surface area contributed by atoms with Gasteiger partial charge in [-0.25, -0.2) is 9.37 Å². The summed E-state index contributed by atoms with van der Waals surface area (Å²) in [6.07, 6.45) is 1.74. The number of anilines is 2. The molecule has 154 valence electrons. The Kier molecular flexibility index (Phi) is 5.94. The van der Waals surface area contributed by atoms with E-state index in [2.05, 4.69) is 26.6 Å². The lowest BCUT2D eigenvalue weighted by Crippen LogP contribution is -2.49. The lowest BCUT2D eigenvalue weighted by atomic mass is 10.2. The maximum absolute atomic E-state index is 13.1. The van der Waals surface area contributed by atoms with E-state index in [1.54, 1.807) is 24.4 Å². The van der Waals surface area contributed by atoms with Crippen molar-refractivity contribution in [2.45, 2.75) is 6.92 Å². The standard InChI is InChI=1S/C22H28FN5O/c1-2-25-9-11-27(12-10-25)21-17-18(7-8-24-21)22(29)28-15-13-26(14-16-28)20-5-3-19(23)4-6-20/h3-8,17H,2,9-16H2,1H3. The Bertz CT molecular complexity index is 827. The van der Waals surface area contributed by atoms with Gasteiger partial charge in [-0.15, -0.1) is 0 Å². The summed E-state index contributed by atoms with van der Waals surface area (Å²) in [5, 5.41) is 0. The van der Waals surface area contributed by atoms with Crippen molar-refractivity contribution < 1.29 is 9.18 Å². The lowest BCUT2D eigenvalue weighted by molar-refractivity contribution is 0.0746. The Morgan fingerprint density at radius 3 is 2.24 bits per heavy atom. The van der Waals surface area contributed by atoms with Crippen LogP contribution in [0.15, 0.2) is 42.6 Å². The highest BCUT2D eigenvalue weighted by Crippen LogP contribution is 2.20. The minimum Gasteiger partial charge on any atom is -0.368 e. The van der Waals surface area contributed by atoms with E-state index >= 15 is 0 Å². The molecule has 2 aliphatic heterocycles. The number of halogens is 1. The Morgan fingerprint density at radius 2 is 1.59 bits per heavy atom. The van der Waals surface area contributed by atoms with Crippen LogP contribution in [-0.2, 0) is 0 Å². The van der Waals surface area contributed by atoms with Crippen LogP contribution in [0.2, 0.25) is 0 Å². The van der Waals surface area contributed by atoms with E-state index in [4.69, 9.17) is 0 Å². The van der Waals surface area contributed by atoms with Crippen molar-refractivity contribution in [3.8, 4) is 0 Å². The largest absolute Gasteiger partial charge is 0.368 e. The molecule has 7 heteroatoms. The number of nitrogens with zero attached hydrogens (tertiary/aromatic N) is 5. The molecule has 0 radical (unpaired) electrons. The highest BCUT2D eigenvalue weighted by molar-refractivity contribution is 5.95. The summed E-state index contributed by atoms with van der Waals surface area (Å²) in [6, 6.07) is 10.3. The van der Waals surface area contributed by atoms with Gasteiger partial charge >= 0.3 is 0 Å². The molecule has 0 aliphatic carbocycles. The van der Waals surface area contributed by atoms with Gasteiger partial charge in [-0.2, -0.15) is 0 Å². The molecule has 1 aromatic carbocycles. The fourth-order valence-corrected chi connectivity index (χ4v) is 4.02. The van der Waals surface area contributed by atoms with Crippen LogP contribution in [0.4, 0.5) is 15.9 Å². The lowest BCUT2D eigenvalue weighted by Gasteiger charge is -2.36. The highest BCUT2D eigenvalue weighted by atomic mass is 19.1. The van der Waals surface area contributed by atoms with E-state index in [1.165, 1.54) is 12.1 Å². The zero-order chi connectivity index (χ0) is 20.2. The Morgan fingerprint density at radius 1 is 0.931 bits per heavy atom. The number of hydrogen-bond acceptors (Lipinski definition) is 5. The Labute approximate surface area is 171 Å². The van der Waals surface area contributed by atoms with Crippen molar-refractivity contribution in [1.29, 1.82) is 0 Å². The number of likely N-dealkylation sites (N-methyl/N-ethyl adjacent to an activating group) is 1. The Hall–Kier alpha value is -2.67. The second kappa shape index (κ2) is 8.78. The van der Waals surface area contributed by atoms with E-state index in [0.29, 0.717) is 18.7 Å². The number of rotatable bonds is 4. The average Bonchev–Trinajstić information content (AvgIpc) is 2.79. The first kappa shape index (κ1) is 19.6. The van der Waals surface area contributed by atoms with Crippen molar-refractivity contribution in [1.82, 2.24) is 14.8 Å². The molecular weight excluding hydrogens is 369 g/mol. The van der Waals surface area contributed by atoms with Crippen molar-refractivity contribution in [2.24, 2.45) is 0 Å². The van der Waals surface area contributed by atoms with E-state index in [9.17, 15) is 9.18 Å². The molecule has 3 heterocycles. The molecule has 29 heavy (non-hydrogen) atoms. The molecule has 0 saturated carbocycles. The van der Waals surface area contributed by atoms with Gasteiger partial charge in [0.15, 0.2) is 0 Å². The normalized spacial score (nSPS) is 18.2. The van der Waals surface area contributed by atoms with Gasteiger partial charge in [-0.05, 0) is 42.9 Å². The molecule has 0 unspecified atom stereocenters. The number of hydrogen-bond donors (Lipinski definition) is 0. The fraction of sp³-hybridized carbons (Fsp3) is 0.455. The number of carbonyl (C=O) groups excluding carboxylic acids is 1. The first-order chi connectivity index (χ1) is 14.1. The van der Waals surface area contributed by atoms with E-state index < -0.39 is 0 Å². The molecule has 0 spiro atoms. The third kappa shape index (κ3) is 4.50. The van der Waals surface area contributed by atoms with Gasteiger partial charge in [0.05, 0.1) is 0 Å². The first-order valence-electron chi connectivity index (χ1n) is 10.4. The van der Waals surface area contributed by atoms with E-state index in [1.807, 2.05) is 11.0 Å². The Balaban J connectivity index is 1.37. The quantitative estimate of drug-likeness (QED) is 0.792. The van der Waals surface area contributed by atoms with Crippen LogP contribution in [0.25, 0.3) is 0 Å². The van der Waals surface area contributed by atoms with Crippen LogP contribution in [0.3, 0.4) is 0 Å². The van der Waals surface area contributed by atoms with Gasteiger partial charge in [0.2, 0.25) is 0 Å². The van der Waals surface area contributed by atoms with Gasteiger partial charge < -0.3 is 19.6 Å². The number of piperazine rings is 2. The molecule has 2 aliphatic rings. The maximum atomic E-state index is 13.1. The molecule has 2 fully saturated rings. The molecule has 1 amide bonds. The van der Waals surface area contributed by atoms with Crippen molar-refractivity contribution >= 4 is 17.4 Å². The van der Waals surface area contributed by atoms with E-state index in [-0.39, 0.29) is 11.7 Å². The monoisotopic (exact) mass is 397 g/mol. The topological polar surface area (TPSA) is 42.9 Å². The molecule has 2 aromatic rings. The van der Waals surface area contributed by atoms with Crippen LogP contribution in [0, 0.1) is 5.82 Å². The van der Waals surface area contributed by atoms with Gasteiger partial charge in [-0.3, -0.25) is 4.79 Å². The van der Waals surface area contributed by atoms with Crippen molar-refractivity contribution in [3.63, 3.8) is 0 Å². The fourth-order valence-electron chi connectivity index (χ4n) is 4.02. The number of carbonyl (C=O) groups is 1. The van der Waals surface area contributed by atoms with Gasteiger partial charge in [0, 0.05) is 69.8 Å². The predicted octanol–water partition coefficient (Wildman–Crippen LogP) is 2.33. The first-order valence-corrected chi connectivity index (χ1v) is 10.4. The summed E-state index contributed by atoms with van der Waals surface area (Å²) in [5.41, 5.74) is 1.69. The second-order valence-corrected chi connectivity index (χ2v) is 7.58. The summed E-state index contributed by atoms with van der Waals surface area (Å²) in [5.74, 6) is 0.711. The molecule has 0 bridgehead atoms. The summed E-state index contributed by atoms with van der Waals surface area (Å²) < 4.78 is 13.1. The summed E-state index contributed by atoms with van der Waals surface area (Å²) in [6.45, 7) is 9.99. The smallest absolute Gasteiger partial charge is 0.254 e. The van der Waals surface area contributed by atoms with Crippen LogP contribution in [0.1, 0.15) is 17.3 Å². The minimum atomic E-state index is -0.229. The minimum absolute atomic E-state index is 0.0552. The number of benzene rings is 1. The summed E-state index contributed by atoms with van der Waals surface area (Å²) >= 11 is 0. The molecule has 2 saturated heterocycles. The SMILES string of the molecule is CCN1CCN(c2cc(C(=O)N3CCN(c4ccc(F)cc4)CC3)ccn2)CC1. The van der Waals surface area contributed by atoms with Crippen LogP contribution >= 0.6 is 0 Å². The number of aromatic nitrogens is 1. The predicted molar refractivity (Wildman–Crippen MR) is 113 cm³/mol. The third-order valence-electron chi connectivity index (χ3n) is 5.89. The van der Waals surface area contributed by atoms with Gasteiger partial charge in [-0.1, -0.05) is 6.92 Å². The third-order valence-corrected chi connectivity index (χ3v) is 5.89. The van der Waals surface area contributed by atoms with Crippen LogP contribution < -0.4 is 9.80 Å². The molecular formula is C22H28FN5O. The van der Waals surface area contributed by atoms with E-state index in [0.717, 1.165) is 57.3 Å². The molecule has 4 rings (SSSR count). The molecule has 0 N–H and O–H groups in total. The molecule has 1 aromatic heterocycles. The molecule has 0 atom stereocenters. The van der Waals surface area contributed by atoms with Crippen LogP contribution in [-0.4, -0.2) is 79.6 Å². The second-order valence-electron chi connectivity index (χ2n) is 7.58. The summed E-state index contributed by atoms with van der Waals surface area (Å²) in [4.78, 5) is 26.3. The van der Waals surface area contributed by atoms with Gasteiger partial charge in [0.25, 0.3) is 5.91 Å². The highest BCUT2D eigenvalue weighted by Gasteiger charge is 2.24. The zero-order valence-electron chi connectivity index (χ0n) is 16.9. The molecule has 6 nitrogen and oxygen atoms in total. The summed E-state index contributed by atoms with van der Waals surface area (Å²) in [7, 11) is 0. The maximum Gasteiger partial charge on any atom is 0.254 e. The zero-order valence-corrected chi connectivity index (χ0v) is 16.9. The average molecular weight is 397 g/mol. The van der Waals surface area contributed by atoms with Crippen molar-refractivity contribution in [3.05, 3.63) is 54.0 Å². The van der Waals surface area contributed by atoms with Crippen LogP contribution in [0.5, 0.6) is 0 Å².